The lowest BCUT2D eigenvalue weighted by molar-refractivity contribution is 0.413. The smallest absolute Gasteiger partial charge is 0.119 e. The fourth-order valence-corrected chi connectivity index (χ4v) is 2.98. The van der Waals surface area contributed by atoms with Crippen molar-refractivity contribution < 1.29 is 4.74 Å². The van der Waals surface area contributed by atoms with Gasteiger partial charge in [0.25, 0.3) is 0 Å². The molecule has 114 valence electrons. The molecule has 2 rings (SSSR count). The third-order valence-electron chi connectivity index (χ3n) is 3.47. The molecule has 0 aliphatic heterocycles. The first-order chi connectivity index (χ1) is 9.90. The molecule has 0 aliphatic rings. The van der Waals surface area contributed by atoms with Gasteiger partial charge in [0.1, 0.15) is 10.8 Å². The molecule has 0 radical (unpaired) electrons. The molecule has 1 aromatic carbocycles. The van der Waals surface area contributed by atoms with E-state index in [4.69, 9.17) is 9.72 Å². The normalized spacial score (nSPS) is 13.2. The Balaban J connectivity index is 1.97. The molecule has 3 nitrogen and oxygen atoms in total. The summed E-state index contributed by atoms with van der Waals surface area (Å²) in [7, 11) is 1.70. The maximum atomic E-state index is 5.27. The van der Waals surface area contributed by atoms with Crippen molar-refractivity contribution in [2.75, 3.05) is 7.11 Å². The Morgan fingerprint density at radius 3 is 2.71 bits per heavy atom. The van der Waals surface area contributed by atoms with E-state index in [1.807, 2.05) is 12.1 Å². The van der Waals surface area contributed by atoms with E-state index in [0.717, 1.165) is 17.3 Å². The number of methoxy groups -OCH3 is 1. The van der Waals surface area contributed by atoms with E-state index in [2.05, 4.69) is 50.5 Å². The molecule has 4 heteroatoms. The highest BCUT2D eigenvalue weighted by Crippen LogP contribution is 2.24. The number of aromatic nitrogens is 1. The SMILES string of the molecule is COc1cccc([C@@H](C)NCc2nc(C(C)(C)C)cs2)c1. The average molecular weight is 304 g/mol. The number of nitrogens with zero attached hydrogens (tertiary/aromatic N) is 1. The van der Waals surface area contributed by atoms with Crippen LogP contribution in [-0.2, 0) is 12.0 Å². The van der Waals surface area contributed by atoms with E-state index >= 15 is 0 Å². The van der Waals surface area contributed by atoms with Crippen molar-refractivity contribution in [3.05, 3.63) is 45.9 Å². The number of hydrogen-bond donors (Lipinski definition) is 1. The maximum absolute atomic E-state index is 5.27. The van der Waals surface area contributed by atoms with Crippen molar-refractivity contribution in [3.8, 4) is 5.75 Å². The van der Waals surface area contributed by atoms with E-state index in [0.29, 0.717) is 0 Å². The van der Waals surface area contributed by atoms with Gasteiger partial charge in [-0.3, -0.25) is 0 Å². The zero-order chi connectivity index (χ0) is 15.5. The van der Waals surface area contributed by atoms with Gasteiger partial charge in [0.15, 0.2) is 0 Å². The minimum atomic E-state index is 0.118. The Morgan fingerprint density at radius 2 is 2.10 bits per heavy atom. The summed E-state index contributed by atoms with van der Waals surface area (Å²) in [6.07, 6.45) is 0. The zero-order valence-electron chi connectivity index (χ0n) is 13.4. The van der Waals surface area contributed by atoms with Crippen LogP contribution in [0.1, 0.15) is 50.0 Å². The van der Waals surface area contributed by atoms with Crippen molar-refractivity contribution in [2.24, 2.45) is 0 Å². The fraction of sp³-hybridized carbons (Fsp3) is 0.471. The highest BCUT2D eigenvalue weighted by molar-refractivity contribution is 7.09. The monoisotopic (exact) mass is 304 g/mol. The molecule has 1 aromatic heterocycles. The van der Waals surface area contributed by atoms with Gasteiger partial charge in [0, 0.05) is 23.4 Å². The van der Waals surface area contributed by atoms with Crippen LogP contribution in [0.5, 0.6) is 5.75 Å². The second-order valence-electron chi connectivity index (χ2n) is 6.26. The van der Waals surface area contributed by atoms with E-state index < -0.39 is 0 Å². The van der Waals surface area contributed by atoms with Crippen LogP contribution in [0, 0.1) is 0 Å². The van der Waals surface area contributed by atoms with Gasteiger partial charge < -0.3 is 10.1 Å². The van der Waals surface area contributed by atoms with E-state index in [1.54, 1.807) is 18.4 Å². The van der Waals surface area contributed by atoms with Crippen molar-refractivity contribution >= 4 is 11.3 Å². The fourth-order valence-electron chi connectivity index (χ4n) is 2.01. The molecule has 0 bridgehead atoms. The summed E-state index contributed by atoms with van der Waals surface area (Å²) in [6, 6.07) is 8.44. The summed E-state index contributed by atoms with van der Waals surface area (Å²) in [5.41, 5.74) is 2.51. The molecule has 1 atom stereocenters. The first kappa shape index (κ1) is 16.0. The minimum absolute atomic E-state index is 0.118. The van der Waals surface area contributed by atoms with Crippen LogP contribution in [0.25, 0.3) is 0 Å². The topological polar surface area (TPSA) is 34.1 Å². The van der Waals surface area contributed by atoms with Crippen LogP contribution >= 0.6 is 11.3 Å². The highest BCUT2D eigenvalue weighted by Gasteiger charge is 2.17. The summed E-state index contributed by atoms with van der Waals surface area (Å²) >= 11 is 1.72. The summed E-state index contributed by atoms with van der Waals surface area (Å²) < 4.78 is 5.27. The van der Waals surface area contributed by atoms with Crippen LogP contribution in [0.2, 0.25) is 0 Å². The third kappa shape index (κ3) is 4.29. The van der Waals surface area contributed by atoms with E-state index in [1.165, 1.54) is 11.3 Å². The molecule has 0 amide bonds. The van der Waals surface area contributed by atoms with Gasteiger partial charge in [-0.15, -0.1) is 11.3 Å². The number of thiazole rings is 1. The Morgan fingerprint density at radius 1 is 1.33 bits per heavy atom. The molecule has 0 aliphatic carbocycles. The molecule has 0 fully saturated rings. The Kier molecular flexibility index (Phi) is 5.01. The number of hydrogen-bond acceptors (Lipinski definition) is 4. The largest absolute Gasteiger partial charge is 0.497 e. The second kappa shape index (κ2) is 6.58. The van der Waals surface area contributed by atoms with Crippen LogP contribution < -0.4 is 10.1 Å². The molecule has 0 saturated carbocycles. The molecule has 0 spiro atoms. The first-order valence-electron chi connectivity index (χ1n) is 7.22. The lowest BCUT2D eigenvalue weighted by atomic mass is 9.93. The number of benzene rings is 1. The molecular weight excluding hydrogens is 280 g/mol. The second-order valence-corrected chi connectivity index (χ2v) is 7.20. The zero-order valence-corrected chi connectivity index (χ0v) is 14.3. The van der Waals surface area contributed by atoms with Crippen LogP contribution in [0.15, 0.2) is 29.6 Å². The Bertz CT molecular complexity index is 586. The Labute approximate surface area is 131 Å². The van der Waals surface area contributed by atoms with Gasteiger partial charge in [0.05, 0.1) is 12.8 Å². The van der Waals surface area contributed by atoms with E-state index in [-0.39, 0.29) is 11.5 Å². The van der Waals surface area contributed by atoms with Gasteiger partial charge in [-0.05, 0) is 24.6 Å². The lowest BCUT2D eigenvalue weighted by Gasteiger charge is -2.15. The van der Waals surface area contributed by atoms with Crippen LogP contribution in [-0.4, -0.2) is 12.1 Å². The average Bonchev–Trinajstić information content (AvgIpc) is 2.94. The van der Waals surface area contributed by atoms with Crippen molar-refractivity contribution in [2.45, 2.75) is 45.7 Å². The van der Waals surface area contributed by atoms with Gasteiger partial charge >= 0.3 is 0 Å². The van der Waals surface area contributed by atoms with Crippen molar-refractivity contribution in [1.82, 2.24) is 10.3 Å². The van der Waals surface area contributed by atoms with Gasteiger partial charge in [-0.1, -0.05) is 32.9 Å². The van der Waals surface area contributed by atoms with Crippen LogP contribution in [0.3, 0.4) is 0 Å². The maximum Gasteiger partial charge on any atom is 0.119 e. The van der Waals surface area contributed by atoms with Gasteiger partial charge in [-0.25, -0.2) is 4.98 Å². The molecule has 21 heavy (non-hydrogen) atoms. The lowest BCUT2D eigenvalue weighted by Crippen LogP contribution is -2.18. The quantitative estimate of drug-likeness (QED) is 0.894. The standard InChI is InChI=1S/C17H24N2OS/c1-12(13-7-6-8-14(9-13)20-5)18-10-16-19-15(11-21-16)17(2,3)4/h6-9,11-12,18H,10H2,1-5H3/t12-/m1/s1. The summed E-state index contributed by atoms with van der Waals surface area (Å²) in [5.74, 6) is 0.894. The predicted molar refractivity (Wildman–Crippen MR) is 89.1 cm³/mol. The molecule has 0 saturated heterocycles. The molecule has 2 aromatic rings. The highest BCUT2D eigenvalue weighted by atomic mass is 32.1. The first-order valence-corrected chi connectivity index (χ1v) is 8.10. The Hall–Kier alpha value is -1.39. The minimum Gasteiger partial charge on any atom is -0.497 e. The van der Waals surface area contributed by atoms with Crippen molar-refractivity contribution in [3.63, 3.8) is 0 Å². The summed E-state index contributed by atoms with van der Waals surface area (Å²) in [6.45, 7) is 9.53. The predicted octanol–water partition coefficient (Wildman–Crippen LogP) is 4.30. The number of nitrogens with one attached hydrogen (secondary N) is 1. The molecule has 1 heterocycles. The third-order valence-corrected chi connectivity index (χ3v) is 4.32. The van der Waals surface area contributed by atoms with Gasteiger partial charge in [0.2, 0.25) is 0 Å². The summed E-state index contributed by atoms with van der Waals surface area (Å²) in [4.78, 5) is 4.71. The number of ether oxygens (including phenoxy) is 1. The molecule has 1 N–H and O–H groups in total. The van der Waals surface area contributed by atoms with Gasteiger partial charge in [-0.2, -0.15) is 0 Å². The number of rotatable bonds is 5. The molecule has 0 unspecified atom stereocenters. The van der Waals surface area contributed by atoms with Crippen molar-refractivity contribution in [1.29, 1.82) is 0 Å². The van der Waals surface area contributed by atoms with Crippen LogP contribution in [0.4, 0.5) is 0 Å². The molecular formula is C17H24N2OS. The van der Waals surface area contributed by atoms with E-state index in [9.17, 15) is 0 Å². The summed E-state index contributed by atoms with van der Waals surface area (Å²) in [5, 5.41) is 6.82.